The molecular weight excluding hydrogens is 340 g/mol. The largest absolute Gasteiger partial charge is 0.348 e. The van der Waals surface area contributed by atoms with Gasteiger partial charge >= 0.3 is 11.8 Å². The molecule has 0 saturated carbocycles. The molecule has 1 aromatic heterocycles. The Hall–Kier alpha value is -3.41. The predicted molar refractivity (Wildman–Crippen MR) is 105 cm³/mol. The van der Waals surface area contributed by atoms with Crippen LogP contribution < -0.4 is 10.6 Å². The molecule has 1 heterocycles. The van der Waals surface area contributed by atoms with E-state index in [0.717, 1.165) is 17.0 Å². The first-order chi connectivity index (χ1) is 13.1. The lowest BCUT2D eigenvalue weighted by atomic mass is 10.2. The van der Waals surface area contributed by atoms with Gasteiger partial charge in [0.05, 0.1) is 0 Å². The lowest BCUT2D eigenvalue weighted by molar-refractivity contribution is -0.136. The first-order valence-electron chi connectivity index (χ1n) is 8.86. The molecule has 0 aliphatic heterocycles. The van der Waals surface area contributed by atoms with Gasteiger partial charge in [-0.3, -0.25) is 9.59 Å². The van der Waals surface area contributed by atoms with Crippen molar-refractivity contribution in [3.63, 3.8) is 0 Å². The van der Waals surface area contributed by atoms with Crippen molar-refractivity contribution in [1.29, 1.82) is 0 Å². The van der Waals surface area contributed by atoms with Gasteiger partial charge in [0.2, 0.25) is 0 Å². The van der Waals surface area contributed by atoms with Crippen LogP contribution >= 0.6 is 0 Å². The second kappa shape index (κ2) is 8.80. The van der Waals surface area contributed by atoms with E-state index in [4.69, 9.17) is 0 Å². The highest BCUT2D eigenvalue weighted by atomic mass is 16.2. The van der Waals surface area contributed by atoms with E-state index < -0.39 is 11.8 Å². The van der Waals surface area contributed by atoms with Crippen molar-refractivity contribution < 1.29 is 9.59 Å². The SMILES string of the molecule is Cc1cccc(NC(=O)C(=O)NCCCn2ccnc2-c2ccccc2)c1. The molecule has 0 bridgehead atoms. The number of benzene rings is 2. The highest BCUT2D eigenvalue weighted by Gasteiger charge is 2.13. The molecule has 138 valence electrons. The Bertz CT molecular complexity index is 919. The van der Waals surface area contributed by atoms with Crippen LogP contribution in [0.25, 0.3) is 11.4 Å². The highest BCUT2D eigenvalue weighted by molar-refractivity contribution is 6.39. The summed E-state index contributed by atoms with van der Waals surface area (Å²) in [7, 11) is 0. The van der Waals surface area contributed by atoms with E-state index in [1.807, 2.05) is 66.2 Å². The van der Waals surface area contributed by atoms with Crippen LogP contribution in [-0.4, -0.2) is 27.9 Å². The zero-order valence-corrected chi connectivity index (χ0v) is 15.2. The second-order valence-corrected chi connectivity index (χ2v) is 6.24. The Kier molecular flexibility index (Phi) is 5.99. The van der Waals surface area contributed by atoms with Crippen molar-refractivity contribution in [2.24, 2.45) is 0 Å². The molecule has 0 radical (unpaired) electrons. The van der Waals surface area contributed by atoms with Gasteiger partial charge in [-0.05, 0) is 31.0 Å². The summed E-state index contributed by atoms with van der Waals surface area (Å²) in [4.78, 5) is 28.3. The lowest BCUT2D eigenvalue weighted by Crippen LogP contribution is -2.36. The summed E-state index contributed by atoms with van der Waals surface area (Å²) in [6, 6.07) is 17.3. The fraction of sp³-hybridized carbons (Fsp3) is 0.190. The van der Waals surface area contributed by atoms with Gasteiger partial charge in [0.25, 0.3) is 0 Å². The van der Waals surface area contributed by atoms with Crippen molar-refractivity contribution in [3.8, 4) is 11.4 Å². The molecule has 0 spiro atoms. The van der Waals surface area contributed by atoms with E-state index in [0.29, 0.717) is 25.2 Å². The molecule has 0 fully saturated rings. The number of carbonyl (C=O) groups is 2. The predicted octanol–water partition coefficient (Wildman–Crippen LogP) is 3.00. The molecule has 3 aromatic rings. The average Bonchev–Trinajstić information content (AvgIpc) is 3.14. The van der Waals surface area contributed by atoms with Gasteiger partial charge in [-0.15, -0.1) is 0 Å². The van der Waals surface area contributed by atoms with Crippen LogP contribution in [0.3, 0.4) is 0 Å². The summed E-state index contributed by atoms with van der Waals surface area (Å²) < 4.78 is 2.04. The van der Waals surface area contributed by atoms with Crippen LogP contribution in [0.15, 0.2) is 67.0 Å². The lowest BCUT2D eigenvalue weighted by Gasteiger charge is -2.09. The minimum atomic E-state index is -0.659. The molecule has 3 rings (SSSR count). The van der Waals surface area contributed by atoms with Crippen LogP contribution in [0.5, 0.6) is 0 Å². The van der Waals surface area contributed by atoms with Crippen LogP contribution in [-0.2, 0) is 16.1 Å². The number of amides is 2. The van der Waals surface area contributed by atoms with Crippen molar-refractivity contribution >= 4 is 17.5 Å². The van der Waals surface area contributed by atoms with Crippen molar-refractivity contribution in [2.45, 2.75) is 19.9 Å². The van der Waals surface area contributed by atoms with Crippen LogP contribution in [0.2, 0.25) is 0 Å². The van der Waals surface area contributed by atoms with Crippen molar-refractivity contribution in [3.05, 3.63) is 72.6 Å². The summed E-state index contributed by atoms with van der Waals surface area (Å²) in [5.74, 6) is -0.405. The number of hydrogen-bond acceptors (Lipinski definition) is 3. The van der Waals surface area contributed by atoms with E-state index in [-0.39, 0.29) is 0 Å². The number of nitrogens with one attached hydrogen (secondary N) is 2. The monoisotopic (exact) mass is 362 g/mol. The normalized spacial score (nSPS) is 10.4. The minimum Gasteiger partial charge on any atom is -0.348 e. The third kappa shape index (κ3) is 5.04. The number of nitrogens with zero attached hydrogens (tertiary/aromatic N) is 2. The molecule has 0 unspecified atom stereocenters. The van der Waals surface area contributed by atoms with Gasteiger partial charge in [-0.1, -0.05) is 42.5 Å². The minimum absolute atomic E-state index is 0.409. The molecule has 27 heavy (non-hydrogen) atoms. The van der Waals surface area contributed by atoms with Gasteiger partial charge in [0, 0.05) is 36.7 Å². The summed E-state index contributed by atoms with van der Waals surface area (Å²) in [6.07, 6.45) is 4.37. The molecule has 0 saturated heterocycles. The second-order valence-electron chi connectivity index (χ2n) is 6.24. The molecule has 0 atom stereocenters. The molecule has 6 nitrogen and oxygen atoms in total. The zero-order valence-electron chi connectivity index (χ0n) is 15.2. The average molecular weight is 362 g/mol. The molecule has 2 N–H and O–H groups in total. The summed E-state index contributed by atoms with van der Waals surface area (Å²) >= 11 is 0. The standard InChI is InChI=1S/C21H22N4O2/c1-16-7-5-10-18(15-16)24-21(27)20(26)23-11-6-13-25-14-12-22-19(25)17-8-3-2-4-9-17/h2-5,7-10,12,14-15H,6,11,13H2,1H3,(H,23,26)(H,24,27). The Morgan fingerprint density at radius 3 is 2.63 bits per heavy atom. The number of imidazole rings is 1. The Labute approximate surface area is 158 Å². The Morgan fingerprint density at radius 1 is 1.04 bits per heavy atom. The quantitative estimate of drug-likeness (QED) is 0.523. The van der Waals surface area contributed by atoms with Gasteiger partial charge < -0.3 is 15.2 Å². The molecule has 6 heteroatoms. The summed E-state index contributed by atoms with van der Waals surface area (Å²) in [5.41, 5.74) is 2.67. The van der Waals surface area contributed by atoms with Gasteiger partial charge in [-0.2, -0.15) is 0 Å². The molecule has 0 aliphatic carbocycles. The Balaban J connectivity index is 1.46. The van der Waals surface area contributed by atoms with Crippen LogP contribution in [0.1, 0.15) is 12.0 Å². The van der Waals surface area contributed by atoms with Gasteiger partial charge in [0.15, 0.2) is 0 Å². The fourth-order valence-electron chi connectivity index (χ4n) is 2.78. The zero-order chi connectivity index (χ0) is 19.1. The number of anilines is 1. The van der Waals surface area contributed by atoms with Gasteiger partial charge in [-0.25, -0.2) is 4.98 Å². The number of aromatic nitrogens is 2. The third-order valence-electron chi connectivity index (χ3n) is 4.09. The molecule has 2 aromatic carbocycles. The van der Waals surface area contributed by atoms with Crippen molar-refractivity contribution in [1.82, 2.24) is 14.9 Å². The summed E-state index contributed by atoms with van der Waals surface area (Å²) in [5, 5.41) is 5.26. The van der Waals surface area contributed by atoms with E-state index >= 15 is 0 Å². The molecule has 0 aliphatic rings. The first-order valence-corrected chi connectivity index (χ1v) is 8.86. The number of carbonyl (C=O) groups excluding carboxylic acids is 2. The van der Waals surface area contributed by atoms with E-state index in [9.17, 15) is 9.59 Å². The van der Waals surface area contributed by atoms with E-state index in [1.165, 1.54) is 0 Å². The maximum absolute atomic E-state index is 11.9. The fourth-order valence-corrected chi connectivity index (χ4v) is 2.78. The van der Waals surface area contributed by atoms with Gasteiger partial charge in [0.1, 0.15) is 5.82 Å². The smallest absolute Gasteiger partial charge is 0.313 e. The number of aryl methyl sites for hydroxylation is 2. The Morgan fingerprint density at radius 2 is 1.85 bits per heavy atom. The van der Waals surface area contributed by atoms with Crippen molar-refractivity contribution in [2.75, 3.05) is 11.9 Å². The molecular formula is C21H22N4O2. The van der Waals surface area contributed by atoms with E-state index in [1.54, 1.807) is 12.3 Å². The first kappa shape index (κ1) is 18.4. The number of rotatable bonds is 6. The topological polar surface area (TPSA) is 76.0 Å². The van der Waals surface area contributed by atoms with Crippen LogP contribution in [0, 0.1) is 6.92 Å². The van der Waals surface area contributed by atoms with Crippen LogP contribution in [0.4, 0.5) is 5.69 Å². The number of hydrogen-bond donors (Lipinski definition) is 2. The maximum Gasteiger partial charge on any atom is 0.313 e. The molecule has 2 amide bonds. The summed E-state index contributed by atoms with van der Waals surface area (Å²) in [6.45, 7) is 3.03. The van der Waals surface area contributed by atoms with E-state index in [2.05, 4.69) is 15.6 Å². The highest BCUT2D eigenvalue weighted by Crippen LogP contribution is 2.16. The maximum atomic E-state index is 11.9. The third-order valence-corrected chi connectivity index (χ3v) is 4.09.